The van der Waals surface area contributed by atoms with Gasteiger partial charge in [0.05, 0.1) is 10.6 Å². The third-order valence-corrected chi connectivity index (χ3v) is 6.86. The number of rotatable bonds is 4. The van der Waals surface area contributed by atoms with Gasteiger partial charge in [0.15, 0.2) is 9.84 Å². The van der Waals surface area contributed by atoms with E-state index in [-0.39, 0.29) is 16.3 Å². The molecule has 1 saturated heterocycles. The van der Waals surface area contributed by atoms with Gasteiger partial charge in [-0.25, -0.2) is 18.2 Å². The number of thioether (sulfide) groups is 1. The Labute approximate surface area is 132 Å². The smallest absolute Gasteiger partial charge is 0.337 e. The number of hydrogen-bond acceptors (Lipinski definition) is 6. The molecule has 2 heterocycles. The highest BCUT2D eigenvalue weighted by Crippen LogP contribution is 2.28. The van der Waals surface area contributed by atoms with Gasteiger partial charge in [-0.05, 0) is 6.07 Å². The molecule has 0 amide bonds. The SMILES string of the molecule is CCS(=O)(=O)C1CSCCN1c1cc(C(=O)O)c(Cl)cn1. The third kappa shape index (κ3) is 3.44. The fourth-order valence-electron chi connectivity index (χ4n) is 2.08. The van der Waals surface area contributed by atoms with Crippen molar-refractivity contribution in [1.29, 1.82) is 0 Å². The van der Waals surface area contributed by atoms with Crippen LogP contribution in [0.25, 0.3) is 0 Å². The van der Waals surface area contributed by atoms with E-state index in [0.29, 0.717) is 18.1 Å². The lowest BCUT2D eigenvalue weighted by atomic mass is 10.2. The number of pyridine rings is 1. The first-order valence-corrected chi connectivity index (χ1v) is 9.56. The van der Waals surface area contributed by atoms with Gasteiger partial charge in [-0.2, -0.15) is 11.8 Å². The minimum Gasteiger partial charge on any atom is -0.478 e. The standard InChI is InChI=1S/C12H15ClN2O4S2/c1-2-21(18,19)11-7-20-4-3-15(11)10-5-8(12(16)17)9(13)6-14-10/h5-6,11H,2-4,7H2,1H3,(H,16,17). The second-order valence-corrected chi connectivity index (χ2v) is 8.51. The molecule has 9 heteroatoms. The van der Waals surface area contributed by atoms with Crippen LogP contribution in [0.15, 0.2) is 12.3 Å². The molecule has 1 unspecified atom stereocenters. The Morgan fingerprint density at radius 1 is 1.62 bits per heavy atom. The summed E-state index contributed by atoms with van der Waals surface area (Å²) in [6.07, 6.45) is 1.25. The number of carbonyl (C=O) groups is 1. The highest BCUT2D eigenvalue weighted by Gasteiger charge is 2.34. The zero-order chi connectivity index (χ0) is 15.6. The molecule has 6 nitrogen and oxygen atoms in total. The average molecular weight is 351 g/mol. The molecule has 116 valence electrons. The molecule has 0 bridgehead atoms. The van der Waals surface area contributed by atoms with Crippen molar-refractivity contribution in [3.63, 3.8) is 0 Å². The van der Waals surface area contributed by atoms with E-state index in [4.69, 9.17) is 16.7 Å². The van der Waals surface area contributed by atoms with Gasteiger partial charge in [-0.3, -0.25) is 0 Å². The molecule has 1 aromatic rings. The molecule has 0 saturated carbocycles. The average Bonchev–Trinajstić information content (AvgIpc) is 2.47. The maximum Gasteiger partial charge on any atom is 0.337 e. The Morgan fingerprint density at radius 2 is 2.33 bits per heavy atom. The van der Waals surface area contributed by atoms with Gasteiger partial charge in [0.25, 0.3) is 0 Å². The van der Waals surface area contributed by atoms with Crippen molar-refractivity contribution in [2.45, 2.75) is 12.3 Å². The predicted octanol–water partition coefficient (Wildman–Crippen LogP) is 1.75. The van der Waals surface area contributed by atoms with Crippen molar-refractivity contribution >= 4 is 45.0 Å². The maximum absolute atomic E-state index is 12.2. The van der Waals surface area contributed by atoms with Crippen LogP contribution in [0, 0.1) is 0 Å². The predicted molar refractivity (Wildman–Crippen MR) is 84.1 cm³/mol. The van der Waals surface area contributed by atoms with Crippen molar-refractivity contribution < 1.29 is 18.3 Å². The molecule has 0 aromatic carbocycles. The molecule has 1 N–H and O–H groups in total. The highest BCUT2D eigenvalue weighted by atomic mass is 35.5. The second-order valence-electron chi connectivity index (χ2n) is 4.50. The number of aromatic nitrogens is 1. The first-order chi connectivity index (χ1) is 9.86. The number of sulfone groups is 1. The zero-order valence-corrected chi connectivity index (χ0v) is 13.7. The molecule has 1 fully saturated rings. The van der Waals surface area contributed by atoms with Gasteiger partial charge in [0.1, 0.15) is 11.2 Å². The van der Waals surface area contributed by atoms with Gasteiger partial charge in [0, 0.05) is 30.0 Å². The number of nitrogens with zero attached hydrogens (tertiary/aromatic N) is 2. The van der Waals surface area contributed by atoms with Crippen molar-refractivity contribution in [1.82, 2.24) is 4.98 Å². The Morgan fingerprint density at radius 3 is 2.95 bits per heavy atom. The molecular weight excluding hydrogens is 336 g/mol. The fourth-order valence-corrected chi connectivity index (χ4v) is 5.24. The number of aromatic carboxylic acids is 1. The Balaban J connectivity index is 2.43. The Hall–Kier alpha value is -0.990. The summed E-state index contributed by atoms with van der Waals surface area (Å²) in [7, 11) is -3.28. The summed E-state index contributed by atoms with van der Waals surface area (Å²) in [6.45, 7) is 2.10. The van der Waals surface area contributed by atoms with Crippen LogP contribution < -0.4 is 4.90 Å². The maximum atomic E-state index is 12.2. The minimum absolute atomic E-state index is 0.0348. The van der Waals surface area contributed by atoms with E-state index in [1.54, 1.807) is 23.6 Å². The van der Waals surface area contributed by atoms with E-state index < -0.39 is 21.2 Å². The number of carboxylic acids is 1. The number of anilines is 1. The molecule has 1 atom stereocenters. The van der Waals surface area contributed by atoms with E-state index in [1.807, 2.05) is 0 Å². The molecule has 0 aliphatic carbocycles. The summed E-state index contributed by atoms with van der Waals surface area (Å²) in [5, 5.41) is 8.46. The van der Waals surface area contributed by atoms with Crippen LogP contribution in [0.3, 0.4) is 0 Å². The first-order valence-electron chi connectivity index (χ1n) is 6.31. The molecule has 0 radical (unpaired) electrons. The third-order valence-electron chi connectivity index (χ3n) is 3.27. The number of carboxylic acid groups (broad SMARTS) is 1. The van der Waals surface area contributed by atoms with Crippen LogP contribution in [0.1, 0.15) is 17.3 Å². The molecule has 1 aliphatic rings. The molecule has 0 spiro atoms. The van der Waals surface area contributed by atoms with E-state index >= 15 is 0 Å². The topological polar surface area (TPSA) is 87.6 Å². The van der Waals surface area contributed by atoms with Crippen molar-refractivity contribution in [3.05, 3.63) is 22.8 Å². The highest BCUT2D eigenvalue weighted by molar-refractivity contribution is 8.01. The summed E-state index contributed by atoms with van der Waals surface area (Å²) >= 11 is 7.37. The quantitative estimate of drug-likeness (QED) is 0.884. The number of hydrogen-bond donors (Lipinski definition) is 1. The fraction of sp³-hybridized carbons (Fsp3) is 0.500. The summed E-state index contributed by atoms with van der Waals surface area (Å²) in [5.41, 5.74) is -0.0764. The van der Waals surface area contributed by atoms with Crippen LogP contribution in [0.5, 0.6) is 0 Å². The largest absolute Gasteiger partial charge is 0.478 e. The second kappa shape index (κ2) is 6.41. The lowest BCUT2D eigenvalue weighted by molar-refractivity contribution is 0.0697. The molecular formula is C12H15ClN2O4S2. The normalized spacial score (nSPS) is 19.5. The van der Waals surface area contributed by atoms with E-state index in [2.05, 4.69) is 4.98 Å². The first kappa shape index (κ1) is 16.4. The van der Waals surface area contributed by atoms with Crippen LogP contribution in [0.4, 0.5) is 5.82 Å². The van der Waals surface area contributed by atoms with Crippen molar-refractivity contribution in [2.24, 2.45) is 0 Å². The molecule has 21 heavy (non-hydrogen) atoms. The summed E-state index contributed by atoms with van der Waals surface area (Å²) in [4.78, 5) is 16.9. The molecule has 1 aliphatic heterocycles. The van der Waals surface area contributed by atoms with Crippen LogP contribution >= 0.6 is 23.4 Å². The van der Waals surface area contributed by atoms with Crippen LogP contribution in [0.2, 0.25) is 5.02 Å². The van der Waals surface area contributed by atoms with Crippen LogP contribution in [-0.4, -0.2) is 53.7 Å². The van der Waals surface area contributed by atoms with Gasteiger partial charge in [-0.15, -0.1) is 0 Å². The van der Waals surface area contributed by atoms with Crippen molar-refractivity contribution in [3.8, 4) is 0 Å². The Kier molecular flexibility index (Phi) is 5.00. The van der Waals surface area contributed by atoms with Gasteiger partial charge in [-0.1, -0.05) is 18.5 Å². The lowest BCUT2D eigenvalue weighted by Crippen LogP contribution is -2.48. The lowest BCUT2D eigenvalue weighted by Gasteiger charge is -2.35. The minimum atomic E-state index is -3.28. The monoisotopic (exact) mass is 350 g/mol. The van der Waals surface area contributed by atoms with E-state index in [0.717, 1.165) is 5.75 Å². The van der Waals surface area contributed by atoms with E-state index in [1.165, 1.54) is 12.3 Å². The summed E-state index contributed by atoms with van der Waals surface area (Å²) in [6, 6.07) is 1.33. The van der Waals surface area contributed by atoms with E-state index in [9.17, 15) is 13.2 Å². The summed E-state index contributed by atoms with van der Waals surface area (Å²) in [5.74, 6) is 0.420. The van der Waals surface area contributed by atoms with Gasteiger partial charge in [0.2, 0.25) is 0 Å². The van der Waals surface area contributed by atoms with Crippen molar-refractivity contribution in [2.75, 3.05) is 28.7 Å². The molecule has 1 aromatic heterocycles. The van der Waals surface area contributed by atoms with Gasteiger partial charge >= 0.3 is 5.97 Å². The van der Waals surface area contributed by atoms with Crippen LogP contribution in [-0.2, 0) is 9.84 Å². The summed E-state index contributed by atoms with van der Waals surface area (Å²) < 4.78 is 24.4. The zero-order valence-electron chi connectivity index (χ0n) is 11.3. The van der Waals surface area contributed by atoms with Gasteiger partial charge < -0.3 is 10.0 Å². The number of halogens is 1. The molecule has 2 rings (SSSR count). The Bertz CT molecular complexity index is 651.